The van der Waals surface area contributed by atoms with E-state index in [1.165, 1.54) is 15.9 Å². The van der Waals surface area contributed by atoms with Gasteiger partial charge in [0.25, 0.3) is 5.91 Å². The van der Waals surface area contributed by atoms with E-state index in [0.29, 0.717) is 0 Å². The van der Waals surface area contributed by atoms with Crippen LogP contribution in [0.1, 0.15) is 68.2 Å². The van der Waals surface area contributed by atoms with Crippen molar-refractivity contribution in [3.63, 3.8) is 0 Å². The highest BCUT2D eigenvalue weighted by atomic mass is 19.4. The van der Waals surface area contributed by atoms with Gasteiger partial charge in [-0.3, -0.25) is 24.0 Å². The van der Waals surface area contributed by atoms with Gasteiger partial charge in [-0.2, -0.15) is 13.2 Å². The van der Waals surface area contributed by atoms with Crippen molar-refractivity contribution in [1.29, 1.82) is 0 Å². The minimum absolute atomic E-state index is 0.109. The monoisotopic (exact) mass is 672 g/mol. The highest BCUT2D eigenvalue weighted by molar-refractivity contribution is 6.38. The quantitative estimate of drug-likeness (QED) is 0.184. The molecule has 6 amide bonds. The maximum absolute atomic E-state index is 14.2. The maximum Gasteiger partial charge on any atom is 0.389 e. The van der Waals surface area contributed by atoms with Gasteiger partial charge in [0.05, 0.1) is 6.04 Å². The molecule has 0 radical (unpaired) electrons. The van der Waals surface area contributed by atoms with Crippen LogP contribution in [0, 0.1) is 28.1 Å². The molecule has 0 aromatic rings. The molecular formula is C32H51F3N6O6. The van der Waals surface area contributed by atoms with Crippen LogP contribution in [-0.4, -0.2) is 103 Å². The molecule has 2 aliphatic rings. The number of carbonyl (C=O) groups is 6. The highest BCUT2D eigenvalue weighted by Gasteiger charge is 2.70. The van der Waals surface area contributed by atoms with Gasteiger partial charge < -0.3 is 31.1 Å². The molecule has 0 bridgehead atoms. The van der Waals surface area contributed by atoms with Crippen molar-refractivity contribution in [2.45, 2.75) is 98.6 Å². The Bertz CT molecular complexity index is 1250. The van der Waals surface area contributed by atoms with Gasteiger partial charge in [0.2, 0.25) is 23.5 Å². The lowest BCUT2D eigenvalue weighted by molar-refractivity contribution is -0.148. The van der Waals surface area contributed by atoms with Gasteiger partial charge in [0.1, 0.15) is 18.1 Å². The SMILES string of the molecule is C=CCNC(=O)C(=O)C(CCC(F)(F)F)NC(=O)[C@@H]1[C@@H]2[C@H](CN1C(=O)[C@@H](NC(=O)N[C@H](C(=O)N(C)C)C(C)(C)C)C(C)(C)C)C2(C)C. The summed E-state index contributed by atoms with van der Waals surface area (Å²) in [7, 11) is 3.12. The van der Waals surface area contributed by atoms with E-state index < -0.39 is 83.6 Å². The smallest absolute Gasteiger partial charge is 0.347 e. The molecule has 0 spiro atoms. The fourth-order valence-electron chi connectivity index (χ4n) is 6.08. The van der Waals surface area contributed by atoms with E-state index in [9.17, 15) is 41.9 Å². The maximum atomic E-state index is 14.2. The molecule has 1 aliphatic heterocycles. The van der Waals surface area contributed by atoms with Gasteiger partial charge in [-0.05, 0) is 34.5 Å². The number of alkyl halides is 3. The second-order valence-corrected chi connectivity index (χ2v) is 15.4. The molecular weight excluding hydrogens is 621 g/mol. The van der Waals surface area contributed by atoms with Crippen molar-refractivity contribution in [1.82, 2.24) is 31.1 Å². The molecule has 2 rings (SSSR count). The lowest BCUT2D eigenvalue weighted by atomic mass is 9.84. The zero-order valence-electron chi connectivity index (χ0n) is 29.1. The van der Waals surface area contributed by atoms with Gasteiger partial charge in [-0.25, -0.2) is 4.79 Å². The van der Waals surface area contributed by atoms with Crippen LogP contribution in [0.2, 0.25) is 0 Å². The number of halogens is 3. The Labute approximate surface area is 275 Å². The van der Waals surface area contributed by atoms with E-state index in [1.54, 1.807) is 55.6 Å². The lowest BCUT2D eigenvalue weighted by Gasteiger charge is -2.38. The minimum Gasteiger partial charge on any atom is -0.347 e. The number of nitrogens with one attached hydrogen (secondary N) is 4. The van der Waals surface area contributed by atoms with Gasteiger partial charge >= 0.3 is 12.2 Å². The topological polar surface area (TPSA) is 157 Å². The van der Waals surface area contributed by atoms with E-state index in [1.807, 2.05) is 13.8 Å². The molecule has 266 valence electrons. The van der Waals surface area contributed by atoms with Crippen molar-refractivity contribution in [3.8, 4) is 0 Å². The average molecular weight is 673 g/mol. The number of fused-ring (bicyclic) bond motifs is 1. The van der Waals surface area contributed by atoms with Crippen LogP contribution < -0.4 is 21.3 Å². The van der Waals surface area contributed by atoms with Crippen LogP contribution in [0.5, 0.6) is 0 Å². The predicted molar refractivity (Wildman–Crippen MR) is 169 cm³/mol. The fraction of sp³-hybridized carbons (Fsp3) is 0.750. The summed E-state index contributed by atoms with van der Waals surface area (Å²) in [6.45, 7) is 17.7. The van der Waals surface area contributed by atoms with E-state index in [2.05, 4.69) is 27.8 Å². The van der Waals surface area contributed by atoms with Crippen LogP contribution in [-0.2, 0) is 24.0 Å². The van der Waals surface area contributed by atoms with Gasteiger partial charge in [-0.1, -0.05) is 61.5 Å². The third kappa shape index (κ3) is 9.69. The molecule has 0 aromatic heterocycles. The zero-order chi connectivity index (χ0) is 36.4. The summed E-state index contributed by atoms with van der Waals surface area (Å²) in [4.78, 5) is 82.0. The predicted octanol–water partition coefficient (Wildman–Crippen LogP) is 2.38. The minimum atomic E-state index is -4.66. The molecule has 1 heterocycles. The Morgan fingerprint density at radius 1 is 0.936 bits per heavy atom. The van der Waals surface area contributed by atoms with Crippen molar-refractivity contribution in [2.24, 2.45) is 28.1 Å². The summed E-state index contributed by atoms with van der Waals surface area (Å²) < 4.78 is 39.4. The molecule has 1 unspecified atom stereocenters. The van der Waals surface area contributed by atoms with Crippen LogP contribution in [0.3, 0.4) is 0 Å². The number of nitrogens with zero attached hydrogens (tertiary/aromatic N) is 2. The standard InChI is InChI=1S/C32H51F3N6O6/c1-12-15-36-25(44)21(42)18(13-14-32(33,34)35)37-24(43)20-19-17(31(19,8)9)16-41(20)27(46)23(30(5,6)7)39-28(47)38-22(29(2,3)4)26(45)40(10)11/h12,17-20,22-23H,1,13-16H2,2-11H3,(H,36,44)(H,37,43)(H2,38,39,47)/t17-,18?,19-,20-,22+,23+/m0/s1. The molecule has 1 aliphatic carbocycles. The third-order valence-corrected chi connectivity index (χ3v) is 8.96. The van der Waals surface area contributed by atoms with Crippen molar-refractivity contribution >= 4 is 35.4 Å². The number of Topliss-reactive ketones (excluding diaryl/α,β-unsaturated/α-hetero) is 1. The molecule has 1 saturated carbocycles. The highest BCUT2D eigenvalue weighted by Crippen LogP contribution is 2.65. The third-order valence-electron chi connectivity index (χ3n) is 8.96. The summed E-state index contributed by atoms with van der Waals surface area (Å²) in [6.07, 6.45) is -5.68. The molecule has 2 fully saturated rings. The molecule has 1 saturated heterocycles. The first-order valence-corrected chi connectivity index (χ1v) is 15.6. The summed E-state index contributed by atoms with van der Waals surface area (Å²) >= 11 is 0. The number of urea groups is 1. The normalized spacial score (nSPS) is 22.1. The number of piperidine rings is 1. The van der Waals surface area contributed by atoms with Gasteiger partial charge in [-0.15, -0.1) is 6.58 Å². The van der Waals surface area contributed by atoms with Gasteiger partial charge in [0, 0.05) is 33.6 Å². The van der Waals surface area contributed by atoms with E-state index in [-0.39, 0.29) is 36.2 Å². The number of amides is 6. The van der Waals surface area contributed by atoms with Crippen molar-refractivity contribution < 1.29 is 41.9 Å². The fourth-order valence-corrected chi connectivity index (χ4v) is 6.08. The Balaban J connectivity index is 2.39. The average Bonchev–Trinajstić information content (AvgIpc) is 3.24. The van der Waals surface area contributed by atoms with E-state index >= 15 is 0 Å². The number of ketones is 1. The van der Waals surface area contributed by atoms with Crippen LogP contribution >= 0.6 is 0 Å². The molecule has 6 atom stereocenters. The van der Waals surface area contributed by atoms with Gasteiger partial charge in [0.15, 0.2) is 0 Å². The van der Waals surface area contributed by atoms with Crippen LogP contribution in [0.15, 0.2) is 12.7 Å². The largest absolute Gasteiger partial charge is 0.389 e. The van der Waals surface area contributed by atoms with Crippen LogP contribution in [0.4, 0.5) is 18.0 Å². The first-order chi connectivity index (χ1) is 21.2. The van der Waals surface area contributed by atoms with Crippen molar-refractivity contribution in [2.75, 3.05) is 27.2 Å². The summed E-state index contributed by atoms with van der Waals surface area (Å²) in [5.41, 5.74) is -1.94. The Kier molecular flexibility index (Phi) is 12.0. The number of likely N-dealkylation sites (tertiary alicyclic amines) is 1. The van der Waals surface area contributed by atoms with E-state index in [4.69, 9.17) is 0 Å². The number of likely N-dealkylation sites (N-methyl/N-ethyl adjacent to an activating group) is 1. The summed E-state index contributed by atoms with van der Waals surface area (Å²) in [6, 6.07) is -5.85. The Hall–Kier alpha value is -3.65. The molecule has 4 N–H and O–H groups in total. The number of hydrogen-bond donors (Lipinski definition) is 4. The first kappa shape index (κ1) is 39.5. The first-order valence-electron chi connectivity index (χ1n) is 15.6. The zero-order valence-corrected chi connectivity index (χ0v) is 29.1. The Morgan fingerprint density at radius 2 is 1.47 bits per heavy atom. The number of rotatable bonds is 12. The van der Waals surface area contributed by atoms with Crippen molar-refractivity contribution in [3.05, 3.63) is 12.7 Å². The lowest BCUT2D eigenvalue weighted by Crippen LogP contribution is -2.63. The summed E-state index contributed by atoms with van der Waals surface area (Å²) in [5, 5.41) is 9.93. The summed E-state index contributed by atoms with van der Waals surface area (Å²) in [5.74, 6) is -4.75. The number of hydrogen-bond acceptors (Lipinski definition) is 6. The molecule has 15 heteroatoms. The Morgan fingerprint density at radius 3 is 1.94 bits per heavy atom. The molecule has 0 aromatic carbocycles. The second-order valence-electron chi connectivity index (χ2n) is 15.4. The molecule has 12 nitrogen and oxygen atoms in total. The second kappa shape index (κ2) is 14.2. The van der Waals surface area contributed by atoms with Crippen LogP contribution in [0.25, 0.3) is 0 Å². The van der Waals surface area contributed by atoms with E-state index in [0.717, 1.165) is 0 Å². The number of carbonyl (C=O) groups excluding carboxylic acids is 6. The molecule has 47 heavy (non-hydrogen) atoms.